The average Bonchev–Trinajstić information content (AvgIpc) is 2.35. The Morgan fingerprint density at radius 2 is 1.83 bits per heavy atom. The van der Waals surface area contributed by atoms with Gasteiger partial charge in [-0.3, -0.25) is 0 Å². The summed E-state index contributed by atoms with van der Waals surface area (Å²) in [6.45, 7) is 1.85. The molecule has 0 saturated heterocycles. The Kier molecular flexibility index (Phi) is 5.92. The standard InChI is InChI=1S/C12H17Cl2NO2S/c1-10(11-4-6-12(14)7-5-11)15(2)18(16,17)9-3-8-13/h4-7,10H,3,8-9H2,1-2H3. The molecule has 18 heavy (non-hydrogen) atoms. The monoisotopic (exact) mass is 309 g/mol. The molecule has 1 rings (SSSR count). The summed E-state index contributed by atoms with van der Waals surface area (Å²) >= 11 is 11.3. The number of hydrogen-bond acceptors (Lipinski definition) is 2. The first-order chi connectivity index (χ1) is 8.38. The van der Waals surface area contributed by atoms with E-state index in [2.05, 4.69) is 0 Å². The van der Waals surface area contributed by atoms with Crippen molar-refractivity contribution in [3.05, 3.63) is 34.9 Å². The van der Waals surface area contributed by atoms with Crippen LogP contribution in [0.4, 0.5) is 0 Å². The van der Waals surface area contributed by atoms with E-state index in [9.17, 15) is 8.42 Å². The summed E-state index contributed by atoms with van der Waals surface area (Å²) in [6.07, 6.45) is 0.460. The maximum absolute atomic E-state index is 12.0. The molecule has 0 saturated carbocycles. The van der Waals surface area contributed by atoms with Crippen LogP contribution < -0.4 is 0 Å². The van der Waals surface area contributed by atoms with Crippen LogP contribution in [0.5, 0.6) is 0 Å². The van der Waals surface area contributed by atoms with Gasteiger partial charge in [-0.05, 0) is 31.0 Å². The van der Waals surface area contributed by atoms with Crippen LogP contribution in [-0.2, 0) is 10.0 Å². The lowest BCUT2D eigenvalue weighted by molar-refractivity contribution is 0.398. The van der Waals surface area contributed by atoms with Crippen LogP contribution in [0.2, 0.25) is 5.02 Å². The van der Waals surface area contributed by atoms with E-state index in [1.165, 1.54) is 4.31 Å². The number of nitrogens with zero attached hydrogens (tertiary/aromatic N) is 1. The first-order valence-corrected chi connectivity index (χ1v) is 8.18. The first-order valence-electron chi connectivity index (χ1n) is 5.65. The molecule has 0 bridgehead atoms. The molecule has 0 aliphatic heterocycles. The Morgan fingerprint density at radius 3 is 2.33 bits per heavy atom. The minimum Gasteiger partial charge on any atom is -0.212 e. The third-order valence-electron chi connectivity index (χ3n) is 2.87. The number of benzene rings is 1. The maximum Gasteiger partial charge on any atom is 0.214 e. The van der Waals surface area contributed by atoms with Crippen molar-refractivity contribution in [3.63, 3.8) is 0 Å². The van der Waals surface area contributed by atoms with E-state index in [0.29, 0.717) is 17.3 Å². The summed E-state index contributed by atoms with van der Waals surface area (Å²) in [5.74, 6) is 0.424. The van der Waals surface area contributed by atoms with E-state index >= 15 is 0 Å². The minimum absolute atomic E-state index is 0.0743. The molecule has 1 aromatic carbocycles. The summed E-state index contributed by atoms with van der Waals surface area (Å²) in [5, 5.41) is 0.638. The third kappa shape index (κ3) is 4.12. The largest absolute Gasteiger partial charge is 0.214 e. The molecule has 0 heterocycles. The summed E-state index contributed by atoms with van der Waals surface area (Å²) in [4.78, 5) is 0. The second kappa shape index (κ2) is 6.75. The Bertz CT molecular complexity index is 473. The Balaban J connectivity index is 2.83. The maximum atomic E-state index is 12.0. The molecule has 0 radical (unpaired) electrons. The van der Waals surface area contributed by atoms with Crippen molar-refractivity contribution in [2.45, 2.75) is 19.4 Å². The second-order valence-corrected chi connectivity index (χ2v) is 7.06. The van der Waals surface area contributed by atoms with Gasteiger partial charge >= 0.3 is 0 Å². The van der Waals surface area contributed by atoms with Crippen LogP contribution in [-0.4, -0.2) is 31.4 Å². The lowest BCUT2D eigenvalue weighted by Gasteiger charge is -2.24. The molecule has 3 nitrogen and oxygen atoms in total. The fourth-order valence-corrected chi connectivity index (χ4v) is 3.39. The fraction of sp³-hybridized carbons (Fsp3) is 0.500. The van der Waals surface area contributed by atoms with Crippen molar-refractivity contribution in [2.24, 2.45) is 0 Å². The van der Waals surface area contributed by atoms with Gasteiger partial charge < -0.3 is 0 Å². The highest BCUT2D eigenvalue weighted by Gasteiger charge is 2.23. The van der Waals surface area contributed by atoms with Gasteiger partial charge in [0.15, 0.2) is 0 Å². The number of alkyl halides is 1. The molecule has 1 atom stereocenters. The van der Waals surface area contributed by atoms with Gasteiger partial charge in [-0.1, -0.05) is 23.7 Å². The molecule has 0 aliphatic carbocycles. The molecular weight excluding hydrogens is 293 g/mol. The van der Waals surface area contributed by atoms with Crippen LogP contribution >= 0.6 is 23.2 Å². The fourth-order valence-electron chi connectivity index (χ4n) is 1.57. The highest BCUT2D eigenvalue weighted by atomic mass is 35.5. The Hall–Kier alpha value is -0.290. The van der Waals surface area contributed by atoms with Crippen molar-refractivity contribution in [1.82, 2.24) is 4.31 Å². The molecule has 0 fully saturated rings. The summed E-state index contributed by atoms with van der Waals surface area (Å²) in [6, 6.07) is 6.96. The molecule has 0 amide bonds. The van der Waals surface area contributed by atoms with Crippen LogP contribution in [0, 0.1) is 0 Å². The van der Waals surface area contributed by atoms with Gasteiger partial charge in [0.05, 0.1) is 5.75 Å². The van der Waals surface area contributed by atoms with Crippen molar-refractivity contribution >= 4 is 33.2 Å². The van der Waals surface area contributed by atoms with Crippen LogP contribution in [0.25, 0.3) is 0 Å². The van der Waals surface area contributed by atoms with Crippen molar-refractivity contribution in [3.8, 4) is 0 Å². The summed E-state index contributed by atoms with van der Waals surface area (Å²) in [5.41, 5.74) is 0.913. The van der Waals surface area contributed by atoms with Crippen molar-refractivity contribution < 1.29 is 8.42 Å². The molecule has 0 aliphatic rings. The van der Waals surface area contributed by atoms with Crippen LogP contribution in [0.1, 0.15) is 24.9 Å². The SMILES string of the molecule is CC(c1ccc(Cl)cc1)N(C)S(=O)(=O)CCCCl. The highest BCUT2D eigenvalue weighted by molar-refractivity contribution is 7.89. The zero-order valence-electron chi connectivity index (χ0n) is 10.4. The quantitative estimate of drug-likeness (QED) is 0.756. The van der Waals surface area contributed by atoms with Crippen LogP contribution in [0.15, 0.2) is 24.3 Å². The van der Waals surface area contributed by atoms with Gasteiger partial charge in [0.1, 0.15) is 0 Å². The topological polar surface area (TPSA) is 37.4 Å². The van der Waals surface area contributed by atoms with Crippen molar-refractivity contribution in [2.75, 3.05) is 18.7 Å². The van der Waals surface area contributed by atoms with E-state index in [-0.39, 0.29) is 11.8 Å². The predicted molar refractivity (Wildman–Crippen MR) is 76.8 cm³/mol. The zero-order chi connectivity index (χ0) is 13.8. The van der Waals surface area contributed by atoms with Gasteiger partial charge in [-0.25, -0.2) is 8.42 Å². The lowest BCUT2D eigenvalue weighted by atomic mass is 10.1. The average molecular weight is 310 g/mol. The van der Waals surface area contributed by atoms with E-state index in [0.717, 1.165) is 5.56 Å². The Morgan fingerprint density at radius 1 is 1.28 bits per heavy atom. The molecule has 102 valence electrons. The predicted octanol–water partition coefficient (Wildman–Crippen LogP) is 3.29. The van der Waals surface area contributed by atoms with Gasteiger partial charge in [0.2, 0.25) is 10.0 Å². The van der Waals surface area contributed by atoms with Gasteiger partial charge in [0.25, 0.3) is 0 Å². The highest BCUT2D eigenvalue weighted by Crippen LogP contribution is 2.23. The number of sulfonamides is 1. The normalized spacial score (nSPS) is 13.8. The van der Waals surface area contributed by atoms with E-state index < -0.39 is 10.0 Å². The minimum atomic E-state index is -3.26. The molecule has 1 unspecified atom stereocenters. The number of hydrogen-bond donors (Lipinski definition) is 0. The molecule has 6 heteroatoms. The Labute approximate surface area is 119 Å². The molecule has 0 N–H and O–H groups in total. The lowest BCUT2D eigenvalue weighted by Crippen LogP contribution is -2.31. The molecule has 1 aromatic rings. The second-order valence-electron chi connectivity index (χ2n) is 4.10. The van der Waals surface area contributed by atoms with E-state index in [1.807, 2.05) is 19.1 Å². The van der Waals surface area contributed by atoms with Gasteiger partial charge in [0, 0.05) is 24.0 Å². The summed E-state index contributed by atoms with van der Waals surface area (Å²) in [7, 11) is -1.68. The van der Waals surface area contributed by atoms with Crippen LogP contribution in [0.3, 0.4) is 0 Å². The molecular formula is C12H17Cl2NO2S. The van der Waals surface area contributed by atoms with Crippen molar-refractivity contribution in [1.29, 1.82) is 0 Å². The smallest absolute Gasteiger partial charge is 0.212 e. The van der Waals surface area contributed by atoms with Gasteiger partial charge in [-0.15, -0.1) is 11.6 Å². The van der Waals surface area contributed by atoms with E-state index in [4.69, 9.17) is 23.2 Å². The van der Waals surface area contributed by atoms with E-state index in [1.54, 1.807) is 19.2 Å². The first kappa shape index (κ1) is 15.8. The van der Waals surface area contributed by atoms with Gasteiger partial charge in [-0.2, -0.15) is 4.31 Å². The number of halogens is 2. The molecule has 0 aromatic heterocycles. The number of rotatable bonds is 6. The zero-order valence-corrected chi connectivity index (χ0v) is 12.8. The molecule has 0 spiro atoms. The summed E-state index contributed by atoms with van der Waals surface area (Å²) < 4.78 is 25.4. The third-order valence-corrected chi connectivity index (χ3v) is 5.39.